The van der Waals surface area contributed by atoms with Gasteiger partial charge in [0.05, 0.1) is 10.8 Å². The molecule has 19 heavy (non-hydrogen) atoms. The molecule has 1 saturated heterocycles. The van der Waals surface area contributed by atoms with E-state index in [1.165, 1.54) is 4.31 Å². The molecule has 0 amide bonds. The van der Waals surface area contributed by atoms with Crippen LogP contribution >= 0.6 is 0 Å². The van der Waals surface area contributed by atoms with E-state index in [2.05, 4.69) is 0 Å². The molecule has 1 N–H and O–H groups in total. The van der Waals surface area contributed by atoms with Crippen LogP contribution in [0.1, 0.15) is 18.9 Å². The van der Waals surface area contributed by atoms with Gasteiger partial charge < -0.3 is 5.11 Å². The lowest BCUT2D eigenvalue weighted by Gasteiger charge is -2.18. The highest BCUT2D eigenvalue weighted by Crippen LogP contribution is 2.26. The smallest absolute Gasteiger partial charge is 0.307 e. The summed E-state index contributed by atoms with van der Waals surface area (Å²) in [7, 11) is -3.58. The largest absolute Gasteiger partial charge is 0.481 e. The molecule has 1 aliphatic rings. The predicted octanol–water partition coefficient (Wildman–Crippen LogP) is 1.34. The Hall–Kier alpha value is -1.40. The third-order valence-corrected chi connectivity index (χ3v) is 5.44. The standard InChI is InChI=1S/C13H17NO4S/c1-2-10-5-3-4-6-12(10)19(17,18)14-8-7-11(9-14)13(15)16/h3-6,11H,2,7-9H2,1H3,(H,15,16)/t11-/m1/s1. The van der Waals surface area contributed by atoms with E-state index in [-0.39, 0.29) is 13.1 Å². The van der Waals surface area contributed by atoms with Gasteiger partial charge in [-0.15, -0.1) is 0 Å². The van der Waals surface area contributed by atoms with Crippen LogP contribution in [0.5, 0.6) is 0 Å². The lowest BCUT2D eigenvalue weighted by atomic mass is 10.1. The Balaban J connectivity index is 2.31. The first-order valence-electron chi connectivity index (χ1n) is 6.27. The fourth-order valence-electron chi connectivity index (χ4n) is 2.33. The second-order valence-corrected chi connectivity index (χ2v) is 6.55. The summed E-state index contributed by atoms with van der Waals surface area (Å²) in [6.07, 6.45) is 1.01. The van der Waals surface area contributed by atoms with Crippen LogP contribution in [-0.2, 0) is 21.2 Å². The molecule has 5 nitrogen and oxygen atoms in total. The number of carbonyl (C=O) groups is 1. The summed E-state index contributed by atoms with van der Waals surface area (Å²) in [5.41, 5.74) is 0.765. The number of aliphatic carboxylic acids is 1. The molecule has 104 valence electrons. The average molecular weight is 283 g/mol. The highest BCUT2D eigenvalue weighted by atomic mass is 32.2. The minimum absolute atomic E-state index is 0.0652. The molecule has 0 radical (unpaired) electrons. The van der Waals surface area contributed by atoms with Crippen LogP contribution in [-0.4, -0.2) is 36.9 Å². The van der Waals surface area contributed by atoms with Crippen molar-refractivity contribution in [3.63, 3.8) is 0 Å². The zero-order chi connectivity index (χ0) is 14.0. The van der Waals surface area contributed by atoms with Gasteiger partial charge in [0.15, 0.2) is 0 Å². The molecule has 2 rings (SSSR count). The minimum atomic E-state index is -3.58. The number of aryl methyl sites for hydroxylation is 1. The summed E-state index contributed by atoms with van der Waals surface area (Å²) >= 11 is 0. The SMILES string of the molecule is CCc1ccccc1S(=O)(=O)N1CC[C@@H](C(=O)O)C1. The first kappa shape index (κ1) is 14.0. The average Bonchev–Trinajstić information content (AvgIpc) is 2.89. The molecule has 0 unspecified atom stereocenters. The van der Waals surface area contributed by atoms with Crippen molar-refractivity contribution in [3.05, 3.63) is 29.8 Å². The van der Waals surface area contributed by atoms with E-state index in [1.807, 2.05) is 13.0 Å². The molecule has 1 fully saturated rings. The third-order valence-electron chi connectivity index (χ3n) is 3.47. The van der Waals surface area contributed by atoms with Crippen LogP contribution in [0.2, 0.25) is 0 Å². The van der Waals surface area contributed by atoms with Gasteiger partial charge in [0.1, 0.15) is 0 Å². The molecule has 1 aromatic carbocycles. The maximum atomic E-state index is 12.5. The zero-order valence-corrected chi connectivity index (χ0v) is 11.6. The van der Waals surface area contributed by atoms with Gasteiger partial charge in [-0.1, -0.05) is 25.1 Å². The van der Waals surface area contributed by atoms with Crippen LogP contribution in [0.15, 0.2) is 29.2 Å². The molecular weight excluding hydrogens is 266 g/mol. The second kappa shape index (κ2) is 5.30. The maximum absolute atomic E-state index is 12.5. The van der Waals surface area contributed by atoms with E-state index >= 15 is 0 Å². The summed E-state index contributed by atoms with van der Waals surface area (Å²) in [4.78, 5) is 11.2. The molecule has 0 saturated carbocycles. The Morgan fingerprint density at radius 2 is 2.11 bits per heavy atom. The van der Waals surface area contributed by atoms with E-state index in [0.717, 1.165) is 5.56 Å². The quantitative estimate of drug-likeness (QED) is 0.905. The lowest BCUT2D eigenvalue weighted by Crippen LogP contribution is -2.30. The van der Waals surface area contributed by atoms with Crippen molar-refractivity contribution in [1.29, 1.82) is 0 Å². The van der Waals surface area contributed by atoms with E-state index in [0.29, 0.717) is 17.7 Å². The number of carboxylic acids is 1. The van der Waals surface area contributed by atoms with Crippen molar-refractivity contribution in [2.45, 2.75) is 24.7 Å². The molecule has 6 heteroatoms. The molecule has 1 atom stereocenters. The number of carboxylic acid groups (broad SMARTS) is 1. The van der Waals surface area contributed by atoms with Crippen LogP contribution in [0.25, 0.3) is 0 Å². The van der Waals surface area contributed by atoms with Gasteiger partial charge >= 0.3 is 5.97 Å². The molecule has 0 spiro atoms. The van der Waals surface area contributed by atoms with E-state index < -0.39 is 21.9 Å². The molecular formula is C13H17NO4S. The molecule has 0 aliphatic carbocycles. The highest BCUT2D eigenvalue weighted by Gasteiger charge is 2.36. The number of sulfonamides is 1. The lowest BCUT2D eigenvalue weighted by molar-refractivity contribution is -0.141. The Labute approximate surface area is 112 Å². The van der Waals surface area contributed by atoms with Crippen molar-refractivity contribution >= 4 is 16.0 Å². The van der Waals surface area contributed by atoms with Crippen molar-refractivity contribution in [3.8, 4) is 0 Å². The van der Waals surface area contributed by atoms with Crippen molar-refractivity contribution < 1.29 is 18.3 Å². The zero-order valence-electron chi connectivity index (χ0n) is 10.7. The highest BCUT2D eigenvalue weighted by molar-refractivity contribution is 7.89. The Kier molecular flexibility index (Phi) is 3.91. The van der Waals surface area contributed by atoms with Crippen LogP contribution < -0.4 is 0 Å². The maximum Gasteiger partial charge on any atom is 0.307 e. The van der Waals surface area contributed by atoms with Crippen molar-refractivity contribution in [2.24, 2.45) is 5.92 Å². The molecule has 1 aromatic rings. The fraction of sp³-hybridized carbons (Fsp3) is 0.462. The van der Waals surface area contributed by atoms with E-state index in [4.69, 9.17) is 5.11 Å². The summed E-state index contributed by atoms with van der Waals surface area (Å²) in [6.45, 7) is 2.24. The van der Waals surface area contributed by atoms with E-state index in [1.54, 1.807) is 18.2 Å². The number of hydrogen-bond donors (Lipinski definition) is 1. The minimum Gasteiger partial charge on any atom is -0.481 e. The normalized spacial score (nSPS) is 20.6. The number of benzene rings is 1. The first-order chi connectivity index (χ1) is 8.96. The molecule has 0 aromatic heterocycles. The van der Waals surface area contributed by atoms with Gasteiger partial charge in [0.2, 0.25) is 10.0 Å². The fourth-order valence-corrected chi connectivity index (χ4v) is 4.13. The Bertz CT molecular complexity index is 582. The van der Waals surface area contributed by atoms with Gasteiger partial charge in [0, 0.05) is 13.1 Å². The van der Waals surface area contributed by atoms with Crippen LogP contribution in [0.3, 0.4) is 0 Å². The van der Waals surface area contributed by atoms with Crippen molar-refractivity contribution in [2.75, 3.05) is 13.1 Å². The predicted molar refractivity (Wildman–Crippen MR) is 70.3 cm³/mol. The van der Waals surface area contributed by atoms with Gasteiger partial charge in [-0.05, 0) is 24.5 Å². The summed E-state index contributed by atoms with van der Waals surface area (Å²) in [5, 5.41) is 8.95. The number of rotatable bonds is 4. The topological polar surface area (TPSA) is 74.7 Å². The monoisotopic (exact) mass is 283 g/mol. The second-order valence-electron chi connectivity index (χ2n) is 4.65. The van der Waals surface area contributed by atoms with Gasteiger partial charge in [-0.2, -0.15) is 4.31 Å². The van der Waals surface area contributed by atoms with Crippen LogP contribution in [0.4, 0.5) is 0 Å². The first-order valence-corrected chi connectivity index (χ1v) is 7.71. The van der Waals surface area contributed by atoms with Crippen LogP contribution in [0, 0.1) is 5.92 Å². The van der Waals surface area contributed by atoms with Gasteiger partial charge in [-0.3, -0.25) is 4.79 Å². The summed E-state index contributed by atoms with van der Waals surface area (Å²) in [6, 6.07) is 6.87. The summed E-state index contributed by atoms with van der Waals surface area (Å²) in [5.74, 6) is -1.52. The van der Waals surface area contributed by atoms with E-state index in [9.17, 15) is 13.2 Å². The Morgan fingerprint density at radius 1 is 1.42 bits per heavy atom. The van der Waals surface area contributed by atoms with Gasteiger partial charge in [-0.25, -0.2) is 8.42 Å². The Morgan fingerprint density at radius 3 is 2.68 bits per heavy atom. The van der Waals surface area contributed by atoms with Crippen molar-refractivity contribution in [1.82, 2.24) is 4.31 Å². The molecule has 0 bridgehead atoms. The third kappa shape index (κ3) is 2.64. The van der Waals surface area contributed by atoms with Gasteiger partial charge in [0.25, 0.3) is 0 Å². The molecule has 1 aliphatic heterocycles. The number of nitrogens with zero attached hydrogens (tertiary/aromatic N) is 1. The summed E-state index contributed by atoms with van der Waals surface area (Å²) < 4.78 is 26.3. The number of hydrogen-bond acceptors (Lipinski definition) is 3. The molecule has 1 heterocycles.